The van der Waals surface area contributed by atoms with Crippen LogP contribution >= 0.6 is 0 Å². The van der Waals surface area contributed by atoms with Gasteiger partial charge in [0.25, 0.3) is 0 Å². The minimum absolute atomic E-state index is 0.00797. The number of nitrogens with one attached hydrogen (secondary N) is 3. The van der Waals surface area contributed by atoms with E-state index in [0.717, 1.165) is 23.8 Å². The van der Waals surface area contributed by atoms with Gasteiger partial charge in [-0.3, -0.25) is 4.79 Å². The fourth-order valence-electron chi connectivity index (χ4n) is 2.85. The lowest BCUT2D eigenvalue weighted by molar-refractivity contribution is -0.116. The number of para-hydroxylation sites is 1. The summed E-state index contributed by atoms with van der Waals surface area (Å²) in [5.41, 5.74) is 2.63. The van der Waals surface area contributed by atoms with E-state index in [9.17, 15) is 18.4 Å². The van der Waals surface area contributed by atoms with Crippen molar-refractivity contribution in [2.24, 2.45) is 0 Å². The van der Waals surface area contributed by atoms with Gasteiger partial charge in [0.1, 0.15) is 11.6 Å². The minimum Gasteiger partial charge on any atom is -0.326 e. The zero-order chi connectivity index (χ0) is 21.5. The van der Waals surface area contributed by atoms with Crippen LogP contribution in [0.5, 0.6) is 0 Å². The SMILES string of the molecule is Cc1ccc(NC(=O)Nc2ccccc2)cc1NC(=O)CCc1cc(F)ccc1F. The van der Waals surface area contributed by atoms with E-state index >= 15 is 0 Å². The normalized spacial score (nSPS) is 10.4. The third-order valence-corrected chi connectivity index (χ3v) is 4.43. The monoisotopic (exact) mass is 409 g/mol. The van der Waals surface area contributed by atoms with E-state index in [4.69, 9.17) is 0 Å². The predicted octanol–water partition coefficient (Wildman–Crippen LogP) is 5.49. The Morgan fingerprint density at radius 2 is 1.57 bits per heavy atom. The topological polar surface area (TPSA) is 70.2 Å². The molecule has 154 valence electrons. The third-order valence-electron chi connectivity index (χ3n) is 4.43. The van der Waals surface area contributed by atoms with Crippen LogP contribution in [0.15, 0.2) is 66.7 Å². The van der Waals surface area contributed by atoms with Crippen LogP contribution < -0.4 is 16.0 Å². The van der Waals surface area contributed by atoms with Crippen molar-refractivity contribution < 1.29 is 18.4 Å². The first kappa shape index (κ1) is 21.0. The largest absolute Gasteiger partial charge is 0.326 e. The number of aryl methyl sites for hydroxylation is 2. The Balaban J connectivity index is 1.59. The van der Waals surface area contributed by atoms with Gasteiger partial charge in [0.2, 0.25) is 5.91 Å². The smallest absolute Gasteiger partial charge is 0.323 e. The molecule has 0 aromatic heterocycles. The molecule has 3 N–H and O–H groups in total. The molecule has 0 radical (unpaired) electrons. The number of carbonyl (C=O) groups is 2. The summed E-state index contributed by atoms with van der Waals surface area (Å²) in [6, 6.07) is 16.9. The third kappa shape index (κ3) is 5.88. The quantitative estimate of drug-likeness (QED) is 0.504. The molecule has 0 fully saturated rings. The van der Waals surface area contributed by atoms with E-state index in [0.29, 0.717) is 17.1 Å². The summed E-state index contributed by atoms with van der Waals surface area (Å²) >= 11 is 0. The van der Waals surface area contributed by atoms with Crippen LogP contribution in [0, 0.1) is 18.6 Å². The van der Waals surface area contributed by atoms with Crippen LogP contribution in [0.3, 0.4) is 0 Å². The van der Waals surface area contributed by atoms with Gasteiger partial charge in [-0.15, -0.1) is 0 Å². The first-order valence-electron chi connectivity index (χ1n) is 9.38. The lowest BCUT2D eigenvalue weighted by atomic mass is 10.1. The molecule has 0 unspecified atom stereocenters. The van der Waals surface area contributed by atoms with Gasteiger partial charge >= 0.3 is 6.03 Å². The van der Waals surface area contributed by atoms with Crippen molar-refractivity contribution in [3.05, 3.63) is 89.5 Å². The van der Waals surface area contributed by atoms with Crippen molar-refractivity contribution in [3.8, 4) is 0 Å². The van der Waals surface area contributed by atoms with Crippen LogP contribution in [0.4, 0.5) is 30.6 Å². The number of hydrogen-bond donors (Lipinski definition) is 3. The molecule has 0 saturated heterocycles. The standard InChI is InChI=1S/C23H21F2N3O2/c1-15-7-10-19(27-23(30)26-18-5-3-2-4-6-18)14-21(15)28-22(29)12-8-16-13-17(24)9-11-20(16)25/h2-7,9-11,13-14H,8,12H2,1H3,(H,28,29)(H2,26,27,30). The second-order valence-electron chi connectivity index (χ2n) is 6.76. The molecule has 0 aliphatic carbocycles. The minimum atomic E-state index is -0.546. The van der Waals surface area contributed by atoms with Gasteiger partial charge < -0.3 is 16.0 Å². The highest BCUT2D eigenvalue weighted by molar-refractivity contribution is 6.00. The Labute approximate surface area is 173 Å². The Morgan fingerprint density at radius 1 is 0.833 bits per heavy atom. The number of rotatable bonds is 6. The van der Waals surface area contributed by atoms with E-state index in [2.05, 4.69) is 16.0 Å². The van der Waals surface area contributed by atoms with Crippen LogP contribution in [0.25, 0.3) is 0 Å². The summed E-state index contributed by atoms with van der Waals surface area (Å²) in [7, 11) is 0. The number of anilines is 3. The number of amides is 3. The molecule has 3 amide bonds. The van der Waals surface area contributed by atoms with Gasteiger partial charge in [0.15, 0.2) is 0 Å². The van der Waals surface area contributed by atoms with Gasteiger partial charge in [0, 0.05) is 23.5 Å². The maximum atomic E-state index is 13.7. The fourth-order valence-corrected chi connectivity index (χ4v) is 2.85. The van der Waals surface area contributed by atoms with Crippen molar-refractivity contribution in [2.75, 3.05) is 16.0 Å². The number of hydrogen-bond acceptors (Lipinski definition) is 2. The summed E-state index contributed by atoms with van der Waals surface area (Å²) in [6.07, 6.45) is 0.0673. The van der Waals surface area contributed by atoms with E-state index in [-0.39, 0.29) is 24.3 Å². The number of urea groups is 1. The summed E-state index contributed by atoms with van der Waals surface area (Å²) in [4.78, 5) is 24.4. The highest BCUT2D eigenvalue weighted by Gasteiger charge is 2.10. The molecule has 3 aromatic rings. The van der Waals surface area contributed by atoms with E-state index < -0.39 is 17.7 Å². The molecule has 3 rings (SSSR count). The Hall–Kier alpha value is -3.74. The number of benzene rings is 3. The molecule has 5 nitrogen and oxygen atoms in total. The van der Waals surface area contributed by atoms with E-state index in [1.165, 1.54) is 0 Å². The van der Waals surface area contributed by atoms with Gasteiger partial charge in [-0.2, -0.15) is 0 Å². The molecule has 0 bridgehead atoms. The van der Waals surface area contributed by atoms with Crippen molar-refractivity contribution >= 4 is 29.0 Å². The predicted molar refractivity (Wildman–Crippen MR) is 114 cm³/mol. The Kier molecular flexibility index (Phi) is 6.75. The maximum absolute atomic E-state index is 13.7. The number of halogens is 2. The maximum Gasteiger partial charge on any atom is 0.323 e. The van der Waals surface area contributed by atoms with Gasteiger partial charge in [-0.1, -0.05) is 24.3 Å². The molecular weight excluding hydrogens is 388 g/mol. The van der Waals surface area contributed by atoms with Crippen LogP contribution in [0.2, 0.25) is 0 Å². The molecule has 0 aliphatic rings. The molecule has 3 aromatic carbocycles. The average Bonchev–Trinajstić information content (AvgIpc) is 2.72. The molecule has 0 saturated carbocycles. The molecule has 0 heterocycles. The lowest BCUT2D eigenvalue weighted by Gasteiger charge is -2.12. The van der Waals surface area contributed by atoms with Gasteiger partial charge in [-0.05, 0) is 66.9 Å². The first-order chi connectivity index (χ1) is 14.4. The van der Waals surface area contributed by atoms with Crippen LogP contribution in [-0.4, -0.2) is 11.9 Å². The van der Waals surface area contributed by atoms with Crippen molar-refractivity contribution in [1.82, 2.24) is 0 Å². The van der Waals surface area contributed by atoms with Crippen molar-refractivity contribution in [1.29, 1.82) is 0 Å². The van der Waals surface area contributed by atoms with E-state index in [1.54, 1.807) is 30.3 Å². The van der Waals surface area contributed by atoms with Crippen LogP contribution in [0.1, 0.15) is 17.5 Å². The Bertz CT molecular complexity index is 1060. The van der Waals surface area contributed by atoms with Crippen molar-refractivity contribution in [2.45, 2.75) is 19.8 Å². The molecular formula is C23H21F2N3O2. The molecule has 0 aliphatic heterocycles. The van der Waals surface area contributed by atoms with Crippen molar-refractivity contribution in [3.63, 3.8) is 0 Å². The Morgan fingerprint density at radius 3 is 2.33 bits per heavy atom. The summed E-state index contributed by atoms with van der Waals surface area (Å²) in [5, 5.41) is 8.17. The van der Waals surface area contributed by atoms with Gasteiger partial charge in [0.05, 0.1) is 0 Å². The second kappa shape index (κ2) is 9.65. The molecule has 7 heteroatoms. The fraction of sp³-hybridized carbons (Fsp3) is 0.130. The van der Waals surface area contributed by atoms with E-state index in [1.807, 2.05) is 25.1 Å². The zero-order valence-corrected chi connectivity index (χ0v) is 16.3. The number of carbonyl (C=O) groups excluding carboxylic acids is 2. The first-order valence-corrected chi connectivity index (χ1v) is 9.38. The summed E-state index contributed by atoms with van der Waals surface area (Å²) in [5.74, 6) is -1.43. The highest BCUT2D eigenvalue weighted by Crippen LogP contribution is 2.21. The zero-order valence-electron chi connectivity index (χ0n) is 16.3. The molecule has 0 spiro atoms. The highest BCUT2D eigenvalue weighted by atomic mass is 19.1. The van der Waals surface area contributed by atoms with Gasteiger partial charge in [-0.25, -0.2) is 13.6 Å². The van der Waals surface area contributed by atoms with Crippen LogP contribution in [-0.2, 0) is 11.2 Å². The summed E-state index contributed by atoms with van der Waals surface area (Å²) < 4.78 is 26.9. The summed E-state index contributed by atoms with van der Waals surface area (Å²) in [6.45, 7) is 1.82. The average molecular weight is 409 g/mol. The molecule has 30 heavy (non-hydrogen) atoms. The second-order valence-corrected chi connectivity index (χ2v) is 6.76. The lowest BCUT2D eigenvalue weighted by Crippen LogP contribution is -2.19. The molecule has 0 atom stereocenters.